The van der Waals surface area contributed by atoms with E-state index < -0.39 is 10.0 Å². The normalized spacial score (nSPS) is 17.1. The molecule has 0 spiro atoms. The first kappa shape index (κ1) is 23.3. The van der Waals surface area contributed by atoms with Crippen molar-refractivity contribution in [3.8, 4) is 0 Å². The molecule has 1 saturated carbocycles. The maximum absolute atomic E-state index is 12.7. The molecule has 2 aromatic rings. The van der Waals surface area contributed by atoms with Crippen LogP contribution in [0, 0.1) is 0 Å². The van der Waals surface area contributed by atoms with Crippen molar-refractivity contribution in [3.05, 3.63) is 58.6 Å². The molecular formula is C23H25ClN4O4S. The Balaban J connectivity index is 1.43. The predicted molar refractivity (Wildman–Crippen MR) is 127 cm³/mol. The van der Waals surface area contributed by atoms with Gasteiger partial charge in [-0.25, -0.2) is 0 Å². The van der Waals surface area contributed by atoms with Crippen LogP contribution in [0.5, 0.6) is 0 Å². The molecule has 0 unspecified atom stereocenters. The number of fused-ring (bicyclic) bond motifs is 1. The summed E-state index contributed by atoms with van der Waals surface area (Å²) >= 11 is 6.24. The van der Waals surface area contributed by atoms with Crippen molar-refractivity contribution in [1.82, 2.24) is 10.2 Å². The van der Waals surface area contributed by atoms with Gasteiger partial charge in [-0.3, -0.25) is 9.59 Å². The summed E-state index contributed by atoms with van der Waals surface area (Å²) in [4.78, 5) is 27.0. The number of benzene rings is 2. The van der Waals surface area contributed by atoms with E-state index >= 15 is 0 Å². The van der Waals surface area contributed by atoms with Crippen molar-refractivity contribution in [2.24, 2.45) is 4.40 Å². The lowest BCUT2D eigenvalue weighted by atomic mass is 9.95. The molecule has 2 aliphatic rings. The van der Waals surface area contributed by atoms with E-state index in [0.29, 0.717) is 21.8 Å². The molecule has 0 aromatic heterocycles. The summed E-state index contributed by atoms with van der Waals surface area (Å²) < 4.78 is 28.3. The van der Waals surface area contributed by atoms with Crippen molar-refractivity contribution >= 4 is 45.0 Å². The number of carbonyl (C=O) groups excluding carboxylic acids is 2. The molecular weight excluding hydrogens is 464 g/mol. The Morgan fingerprint density at radius 1 is 1.12 bits per heavy atom. The molecule has 10 heteroatoms. The number of likely N-dealkylation sites (N-methyl/N-ethyl adjacent to an activating group) is 1. The van der Waals surface area contributed by atoms with E-state index in [1.807, 2.05) is 0 Å². The molecule has 1 aliphatic carbocycles. The van der Waals surface area contributed by atoms with Gasteiger partial charge in [-0.1, -0.05) is 43.0 Å². The van der Waals surface area contributed by atoms with Gasteiger partial charge in [-0.2, -0.15) is 8.42 Å². The summed E-state index contributed by atoms with van der Waals surface area (Å²) in [6, 6.07) is 11.4. The highest BCUT2D eigenvalue weighted by Crippen LogP contribution is 2.27. The van der Waals surface area contributed by atoms with E-state index in [1.165, 1.54) is 17.4 Å². The molecule has 0 bridgehead atoms. The Hall–Kier alpha value is -2.91. The number of nitrogens with zero attached hydrogens (tertiary/aromatic N) is 2. The summed E-state index contributed by atoms with van der Waals surface area (Å²) in [6.45, 7) is -0.130. The van der Waals surface area contributed by atoms with Gasteiger partial charge in [0.05, 0.1) is 17.1 Å². The largest absolute Gasteiger partial charge is 0.349 e. The minimum atomic E-state index is -3.77. The number of nitrogens with one attached hydrogen (secondary N) is 2. The van der Waals surface area contributed by atoms with Crippen LogP contribution >= 0.6 is 11.6 Å². The summed E-state index contributed by atoms with van der Waals surface area (Å²) in [5.74, 6) is -0.436. The zero-order chi connectivity index (χ0) is 23.6. The zero-order valence-corrected chi connectivity index (χ0v) is 19.7. The van der Waals surface area contributed by atoms with Crippen molar-refractivity contribution in [3.63, 3.8) is 0 Å². The van der Waals surface area contributed by atoms with Crippen molar-refractivity contribution in [2.75, 3.05) is 18.9 Å². The minimum Gasteiger partial charge on any atom is -0.349 e. The summed E-state index contributed by atoms with van der Waals surface area (Å²) in [7, 11) is -2.17. The number of anilines is 1. The Labute approximate surface area is 198 Å². The highest BCUT2D eigenvalue weighted by molar-refractivity contribution is 7.90. The van der Waals surface area contributed by atoms with Crippen LogP contribution < -0.4 is 10.6 Å². The van der Waals surface area contributed by atoms with Crippen LogP contribution in [0.15, 0.2) is 51.8 Å². The van der Waals surface area contributed by atoms with Crippen LogP contribution in [0.2, 0.25) is 5.02 Å². The lowest BCUT2D eigenvalue weighted by molar-refractivity contribution is -0.116. The second-order valence-corrected chi connectivity index (χ2v) is 10.3. The number of sulfonamides is 1. The van der Waals surface area contributed by atoms with Crippen LogP contribution in [0.1, 0.15) is 48.0 Å². The summed E-state index contributed by atoms with van der Waals surface area (Å²) in [5, 5.41) is 6.08. The maximum Gasteiger partial charge on any atom is 0.285 e. The molecule has 4 rings (SSSR count). The van der Waals surface area contributed by atoms with E-state index in [2.05, 4.69) is 15.0 Å². The topological polar surface area (TPSA) is 108 Å². The van der Waals surface area contributed by atoms with Gasteiger partial charge in [0.2, 0.25) is 5.91 Å². The van der Waals surface area contributed by atoms with Crippen LogP contribution in [-0.2, 0) is 14.8 Å². The van der Waals surface area contributed by atoms with Gasteiger partial charge in [-0.05, 0) is 43.2 Å². The first-order valence-electron chi connectivity index (χ1n) is 10.8. The van der Waals surface area contributed by atoms with Crippen LogP contribution in [-0.4, -0.2) is 50.6 Å². The van der Waals surface area contributed by atoms with E-state index in [4.69, 9.17) is 11.6 Å². The number of carbonyl (C=O) groups is 2. The van der Waals surface area contributed by atoms with Gasteiger partial charge in [-0.15, -0.1) is 4.40 Å². The Kier molecular flexibility index (Phi) is 6.71. The Morgan fingerprint density at radius 2 is 1.85 bits per heavy atom. The van der Waals surface area contributed by atoms with E-state index in [9.17, 15) is 18.0 Å². The fourth-order valence-electron chi connectivity index (χ4n) is 4.14. The van der Waals surface area contributed by atoms with Crippen LogP contribution in [0.3, 0.4) is 0 Å². The quantitative estimate of drug-likeness (QED) is 0.670. The number of hydrogen-bond acceptors (Lipinski definition) is 5. The monoisotopic (exact) mass is 488 g/mol. The average molecular weight is 489 g/mol. The SMILES string of the molecule is CN(CC(=O)Nc1ccc(Cl)c(C(=O)NC2CCCCC2)c1)C1=NS(=O)(=O)c2ccccc21. The molecule has 2 aromatic carbocycles. The lowest BCUT2D eigenvalue weighted by Crippen LogP contribution is -2.36. The van der Waals surface area contributed by atoms with Crippen LogP contribution in [0.25, 0.3) is 0 Å². The smallest absolute Gasteiger partial charge is 0.285 e. The third kappa shape index (κ3) is 5.20. The van der Waals surface area contributed by atoms with Gasteiger partial charge in [0.1, 0.15) is 4.90 Å². The van der Waals surface area contributed by atoms with Gasteiger partial charge in [0.25, 0.3) is 15.9 Å². The molecule has 174 valence electrons. The van der Waals surface area contributed by atoms with Crippen molar-refractivity contribution < 1.29 is 18.0 Å². The lowest BCUT2D eigenvalue weighted by Gasteiger charge is -2.23. The first-order valence-corrected chi connectivity index (χ1v) is 12.6. The molecule has 2 amide bonds. The third-order valence-electron chi connectivity index (χ3n) is 5.79. The van der Waals surface area contributed by atoms with Crippen LogP contribution in [0.4, 0.5) is 5.69 Å². The van der Waals surface area contributed by atoms with Crippen molar-refractivity contribution in [1.29, 1.82) is 0 Å². The number of amides is 2. The molecule has 0 radical (unpaired) electrons. The third-order valence-corrected chi connectivity index (χ3v) is 7.44. The minimum absolute atomic E-state index is 0.124. The van der Waals surface area contributed by atoms with Crippen molar-refractivity contribution in [2.45, 2.75) is 43.0 Å². The average Bonchev–Trinajstić information content (AvgIpc) is 3.07. The van der Waals surface area contributed by atoms with E-state index in [-0.39, 0.29) is 35.1 Å². The number of rotatable bonds is 5. The molecule has 8 nitrogen and oxygen atoms in total. The Bertz CT molecular complexity index is 1220. The standard InChI is InChI=1S/C23H25ClN4O4S/c1-28(22-17-9-5-6-10-20(17)33(31,32)27-22)14-21(29)25-16-11-12-19(24)18(13-16)23(30)26-15-7-3-2-4-8-15/h5-6,9-13,15H,2-4,7-8,14H2,1H3,(H,25,29)(H,26,30). The van der Waals surface area contributed by atoms with Gasteiger partial charge in [0, 0.05) is 24.3 Å². The van der Waals surface area contributed by atoms with Gasteiger partial charge < -0.3 is 15.5 Å². The molecule has 0 saturated heterocycles. The second kappa shape index (κ2) is 9.52. The fourth-order valence-corrected chi connectivity index (χ4v) is 5.60. The highest BCUT2D eigenvalue weighted by atomic mass is 35.5. The van der Waals surface area contributed by atoms with Gasteiger partial charge in [0.15, 0.2) is 5.84 Å². The first-order chi connectivity index (χ1) is 15.7. The Morgan fingerprint density at radius 3 is 2.61 bits per heavy atom. The highest BCUT2D eigenvalue weighted by Gasteiger charge is 2.31. The van der Waals surface area contributed by atoms with E-state index in [1.54, 1.807) is 43.4 Å². The number of amidine groups is 1. The molecule has 33 heavy (non-hydrogen) atoms. The molecule has 1 aliphatic heterocycles. The maximum atomic E-state index is 12.7. The molecule has 2 N–H and O–H groups in total. The molecule has 1 fully saturated rings. The van der Waals surface area contributed by atoms with E-state index in [0.717, 1.165) is 25.7 Å². The predicted octanol–water partition coefficient (Wildman–Crippen LogP) is 3.42. The fraction of sp³-hybridized carbons (Fsp3) is 0.348. The number of hydrogen-bond donors (Lipinski definition) is 2. The summed E-state index contributed by atoms with van der Waals surface area (Å²) in [5.41, 5.74) is 1.18. The molecule has 1 heterocycles. The van der Waals surface area contributed by atoms with Gasteiger partial charge >= 0.3 is 0 Å². The summed E-state index contributed by atoms with van der Waals surface area (Å²) in [6.07, 6.45) is 5.29. The second-order valence-electron chi connectivity index (χ2n) is 8.29. The zero-order valence-electron chi connectivity index (χ0n) is 18.2. The number of halogens is 1. The molecule has 0 atom stereocenters.